The summed E-state index contributed by atoms with van der Waals surface area (Å²) in [6, 6.07) is 0. The van der Waals surface area contributed by atoms with Gasteiger partial charge in [-0.15, -0.1) is 0 Å². The van der Waals surface area contributed by atoms with E-state index in [2.05, 4.69) is 47.6 Å². The number of aliphatic hydroxyl groups excluding tert-OH is 12. The predicted octanol–water partition coefficient (Wildman–Crippen LogP) is -1.06. The third-order valence-electron chi connectivity index (χ3n) is 18.7. The van der Waals surface area contributed by atoms with Crippen molar-refractivity contribution >= 4 is 0 Å². The average Bonchev–Trinajstić information content (AvgIpc) is 3.54. The van der Waals surface area contributed by atoms with Crippen LogP contribution >= 0.6 is 0 Å². The van der Waals surface area contributed by atoms with Crippen molar-refractivity contribution in [2.75, 3.05) is 19.8 Å². The summed E-state index contributed by atoms with van der Waals surface area (Å²) in [6.07, 6.45) is -16.7. The number of aliphatic hydroxyl groups is 13. The molecule has 0 amide bonds. The molecule has 7 aliphatic rings. The van der Waals surface area contributed by atoms with Gasteiger partial charge in [0.25, 0.3) is 0 Å². The Morgan fingerprint density at radius 1 is 0.672 bits per heavy atom. The topological polar surface area (TPSA) is 318 Å². The third kappa shape index (κ3) is 9.24. The van der Waals surface area contributed by atoms with Gasteiger partial charge in [-0.2, -0.15) is 0 Å². The lowest BCUT2D eigenvalue weighted by molar-refractivity contribution is -0.341. The number of hydrogen-bond donors (Lipinski definition) is 13. The zero-order valence-electron chi connectivity index (χ0n) is 40.3. The maximum atomic E-state index is 12.6. The average molecular weight is 963 g/mol. The van der Waals surface area contributed by atoms with E-state index in [0.717, 1.165) is 25.7 Å². The summed E-state index contributed by atoms with van der Waals surface area (Å²) in [5.74, 6) is 0.547. The van der Waals surface area contributed by atoms with E-state index in [1.807, 2.05) is 0 Å². The first-order valence-corrected chi connectivity index (χ1v) is 24.5. The molecule has 3 heterocycles. The van der Waals surface area contributed by atoms with Gasteiger partial charge in [0.05, 0.1) is 43.7 Å². The van der Waals surface area contributed by atoms with E-state index < -0.39 is 147 Å². The summed E-state index contributed by atoms with van der Waals surface area (Å²) in [5.41, 5.74) is -1.60. The highest BCUT2D eigenvalue weighted by Gasteiger charge is 2.70. The van der Waals surface area contributed by atoms with Crippen LogP contribution in [0.25, 0.3) is 0 Å². The molecule has 3 aliphatic heterocycles. The van der Waals surface area contributed by atoms with Gasteiger partial charge in [0.2, 0.25) is 0 Å². The second-order valence-corrected chi connectivity index (χ2v) is 23.1. The van der Waals surface area contributed by atoms with Crippen LogP contribution in [0.1, 0.15) is 107 Å². The summed E-state index contributed by atoms with van der Waals surface area (Å²) in [5, 5.41) is 138. The molecule has 0 aromatic rings. The smallest absolute Gasteiger partial charge is 0.187 e. The summed E-state index contributed by atoms with van der Waals surface area (Å²) in [4.78, 5) is 0. The molecule has 19 nitrogen and oxygen atoms in total. The van der Waals surface area contributed by atoms with Crippen molar-refractivity contribution in [1.82, 2.24) is 0 Å². The number of fused-ring (bicyclic) bond motifs is 5. The first-order valence-electron chi connectivity index (χ1n) is 24.5. The highest BCUT2D eigenvalue weighted by atomic mass is 16.7. The van der Waals surface area contributed by atoms with Gasteiger partial charge in [-0.1, -0.05) is 53.2 Å². The number of allylic oxidation sites excluding steroid dienone is 1. The Hall–Kier alpha value is -1.02. The fourth-order valence-electron chi connectivity index (χ4n) is 14.2. The molecule has 2 unspecified atom stereocenters. The second-order valence-electron chi connectivity index (χ2n) is 23.1. The first-order chi connectivity index (χ1) is 31.2. The van der Waals surface area contributed by atoms with E-state index >= 15 is 0 Å². The van der Waals surface area contributed by atoms with E-state index in [4.69, 9.17) is 28.4 Å². The summed E-state index contributed by atoms with van der Waals surface area (Å²) >= 11 is 0. The van der Waals surface area contributed by atoms with Crippen LogP contribution in [0, 0.1) is 45.3 Å². The molecule has 3 saturated carbocycles. The fraction of sp³-hybridized carbons (Fsp3) is 0.958. The van der Waals surface area contributed by atoms with E-state index in [1.54, 1.807) is 13.8 Å². The standard InChI is InChI=1S/C48H82O19/c1-21(9-13-31(45(4,5)61)67-43-40(60)37(57)34(54)27(65-43)20-62-41-38(58)35(55)32(52)25(18-49)63-41)22-15-16-46(6)28-12-10-23-24(48(28,8)29(51)17-47(22,46)7)11-14-30(44(23,2)3)66-42-39(59)36(56)33(53)26(19-50)64-42/h10,21-22,24-43,49-61H,9,11-20H2,1-8H3/t21-,22-,24-,25-,26?,27-,28+,29-,30+,31-,32-,33-,34-,35+,36+,37+,38-,39-,40-,41-,42+,43+,46+,47?,48+/m1/s1. The van der Waals surface area contributed by atoms with Crippen molar-refractivity contribution in [2.45, 2.75) is 223 Å². The molecular weight excluding hydrogens is 881 g/mol. The molecule has 7 rings (SSSR count). The Morgan fingerprint density at radius 2 is 1.21 bits per heavy atom. The Bertz CT molecular complexity index is 1710. The maximum absolute atomic E-state index is 12.6. The summed E-state index contributed by atoms with van der Waals surface area (Å²) < 4.78 is 35.3. The van der Waals surface area contributed by atoms with Crippen molar-refractivity contribution in [2.24, 2.45) is 45.3 Å². The Morgan fingerprint density at radius 3 is 1.79 bits per heavy atom. The molecule has 3 saturated heterocycles. The molecule has 0 spiro atoms. The lowest BCUT2D eigenvalue weighted by Crippen LogP contribution is -2.65. The minimum absolute atomic E-state index is 0.0596. The zero-order chi connectivity index (χ0) is 49.5. The molecule has 13 N–H and O–H groups in total. The van der Waals surface area contributed by atoms with Crippen molar-refractivity contribution < 1.29 is 94.8 Å². The van der Waals surface area contributed by atoms with Gasteiger partial charge < -0.3 is 94.8 Å². The quantitative estimate of drug-likeness (QED) is 0.0924. The molecule has 6 fully saturated rings. The lowest BCUT2D eigenvalue weighted by Gasteiger charge is -2.67. The largest absolute Gasteiger partial charge is 0.394 e. The van der Waals surface area contributed by atoms with Crippen LogP contribution in [0.5, 0.6) is 0 Å². The molecule has 0 aromatic heterocycles. The van der Waals surface area contributed by atoms with E-state index in [9.17, 15) is 66.4 Å². The maximum Gasteiger partial charge on any atom is 0.187 e. The minimum Gasteiger partial charge on any atom is -0.394 e. The van der Waals surface area contributed by atoms with Crippen molar-refractivity contribution in [1.29, 1.82) is 0 Å². The highest BCUT2D eigenvalue weighted by Crippen LogP contribution is 2.75. The van der Waals surface area contributed by atoms with Crippen LogP contribution in [0.15, 0.2) is 11.6 Å². The highest BCUT2D eigenvalue weighted by molar-refractivity contribution is 5.32. The molecule has 388 valence electrons. The van der Waals surface area contributed by atoms with Crippen LogP contribution in [0.3, 0.4) is 0 Å². The molecular formula is C48H82O19. The van der Waals surface area contributed by atoms with Crippen LogP contribution in [0.4, 0.5) is 0 Å². The first kappa shape index (κ1) is 53.8. The van der Waals surface area contributed by atoms with Crippen LogP contribution < -0.4 is 0 Å². The molecule has 4 aliphatic carbocycles. The van der Waals surface area contributed by atoms with E-state index in [0.29, 0.717) is 25.7 Å². The van der Waals surface area contributed by atoms with Gasteiger partial charge in [0.15, 0.2) is 18.9 Å². The molecule has 0 bridgehead atoms. The van der Waals surface area contributed by atoms with Crippen LogP contribution in [-0.4, -0.2) is 202 Å². The summed E-state index contributed by atoms with van der Waals surface area (Å²) in [7, 11) is 0. The molecule has 19 heteroatoms. The molecule has 0 radical (unpaired) electrons. The number of rotatable bonds is 14. The van der Waals surface area contributed by atoms with Gasteiger partial charge in [-0.05, 0) is 99.7 Å². The zero-order valence-corrected chi connectivity index (χ0v) is 40.3. The van der Waals surface area contributed by atoms with Crippen LogP contribution in [0.2, 0.25) is 0 Å². The van der Waals surface area contributed by atoms with Gasteiger partial charge in [0.1, 0.15) is 73.2 Å². The van der Waals surface area contributed by atoms with E-state index in [-0.39, 0.29) is 34.5 Å². The SMILES string of the molecule is C[C@H](CC[C@@H](O[C@@H]1O[C@H](CO[C@@H]2O[C@H](CO)[C@@H](O)[C@H](O)[C@H]2O)[C@@H](O)[C@H](O)[C@H]1O)C(C)(C)O)[C@H]1CC[C@@]2(C)[C@@H]3CC=C4[C@@H](CC[C@H](O[C@@H]5OC(CO)[C@@H](O)[C@H](O)[C@H]5O)C4(C)C)[C@]3(C)[C@H](O)CC12C. The number of hydrogen-bond acceptors (Lipinski definition) is 19. The summed E-state index contributed by atoms with van der Waals surface area (Å²) in [6.45, 7) is 14.8. The Labute approximate surface area is 393 Å². The minimum atomic E-state index is -1.75. The fourth-order valence-corrected chi connectivity index (χ4v) is 14.2. The molecule has 67 heavy (non-hydrogen) atoms. The molecule has 25 atom stereocenters. The van der Waals surface area contributed by atoms with Gasteiger partial charge in [-0.3, -0.25) is 0 Å². The predicted molar refractivity (Wildman–Crippen MR) is 235 cm³/mol. The van der Waals surface area contributed by atoms with Crippen molar-refractivity contribution in [3.63, 3.8) is 0 Å². The second kappa shape index (κ2) is 19.8. The van der Waals surface area contributed by atoms with Crippen molar-refractivity contribution in [3.05, 3.63) is 11.6 Å². The van der Waals surface area contributed by atoms with Gasteiger partial charge in [-0.25, -0.2) is 0 Å². The van der Waals surface area contributed by atoms with Gasteiger partial charge >= 0.3 is 0 Å². The normalized spacial score (nSPS) is 51.0. The van der Waals surface area contributed by atoms with Crippen molar-refractivity contribution in [3.8, 4) is 0 Å². The molecule has 0 aromatic carbocycles. The van der Waals surface area contributed by atoms with Crippen LogP contribution in [-0.2, 0) is 28.4 Å². The van der Waals surface area contributed by atoms with Gasteiger partial charge in [0, 0.05) is 10.8 Å². The Kier molecular flexibility index (Phi) is 15.9. The number of ether oxygens (including phenoxy) is 6. The monoisotopic (exact) mass is 963 g/mol. The third-order valence-corrected chi connectivity index (χ3v) is 18.7. The van der Waals surface area contributed by atoms with E-state index in [1.165, 1.54) is 5.57 Å². The Balaban J connectivity index is 1.01. The lowest BCUT2D eigenvalue weighted by atomic mass is 9.38.